The minimum absolute atomic E-state index is 0.338. The molecule has 0 radical (unpaired) electrons. The van der Waals surface area contributed by atoms with Gasteiger partial charge >= 0.3 is 0 Å². The summed E-state index contributed by atoms with van der Waals surface area (Å²) in [6.45, 7) is 0. The zero-order chi connectivity index (χ0) is 23.8. The standard InChI is InChI=1S/C24H16Cl2N4O2S2/c1-32-14-5-2-12(3-6-14)18-9-8-16-20(27)21(34-23(16)28-18)22(31)30-24-29-19(11-33-24)15-7-4-13(25)10-17(15)26/h2-11H,27H2,1H3,(H,29,30,31). The van der Waals surface area contributed by atoms with E-state index in [4.69, 9.17) is 38.7 Å². The molecule has 3 heterocycles. The number of carbonyl (C=O) groups is 1. The maximum Gasteiger partial charge on any atom is 0.269 e. The molecule has 0 fully saturated rings. The Bertz CT molecular complexity index is 1530. The van der Waals surface area contributed by atoms with Crippen molar-refractivity contribution in [3.8, 4) is 28.3 Å². The van der Waals surface area contributed by atoms with Gasteiger partial charge in [-0.1, -0.05) is 23.2 Å². The van der Waals surface area contributed by atoms with Gasteiger partial charge in [0.2, 0.25) is 0 Å². The first-order valence-electron chi connectivity index (χ1n) is 9.98. The van der Waals surface area contributed by atoms with Gasteiger partial charge in [-0.15, -0.1) is 22.7 Å². The molecule has 0 bridgehead atoms. The lowest BCUT2D eigenvalue weighted by Crippen LogP contribution is -2.11. The van der Waals surface area contributed by atoms with Crippen LogP contribution in [0.25, 0.3) is 32.7 Å². The topological polar surface area (TPSA) is 90.1 Å². The maximum atomic E-state index is 13.0. The molecule has 5 aromatic rings. The van der Waals surface area contributed by atoms with Gasteiger partial charge in [0, 0.05) is 26.9 Å². The predicted molar refractivity (Wildman–Crippen MR) is 142 cm³/mol. The number of nitrogens with zero attached hydrogens (tertiary/aromatic N) is 2. The van der Waals surface area contributed by atoms with Crippen LogP contribution in [0.15, 0.2) is 60.0 Å². The summed E-state index contributed by atoms with van der Waals surface area (Å²) in [7, 11) is 1.62. The summed E-state index contributed by atoms with van der Waals surface area (Å²) in [5.74, 6) is 0.433. The number of halogens is 2. The van der Waals surface area contributed by atoms with Crippen LogP contribution in [-0.2, 0) is 0 Å². The number of anilines is 2. The minimum atomic E-state index is -0.338. The predicted octanol–water partition coefficient (Wildman–Crippen LogP) is 7.24. The zero-order valence-corrected chi connectivity index (χ0v) is 20.8. The number of pyridine rings is 1. The van der Waals surface area contributed by atoms with Gasteiger partial charge in [-0.2, -0.15) is 0 Å². The molecule has 6 nitrogen and oxygen atoms in total. The van der Waals surface area contributed by atoms with Crippen LogP contribution in [0.4, 0.5) is 10.8 Å². The zero-order valence-electron chi connectivity index (χ0n) is 17.6. The van der Waals surface area contributed by atoms with Crippen LogP contribution in [0.5, 0.6) is 5.75 Å². The molecule has 3 N–H and O–H groups in total. The third-order valence-electron chi connectivity index (χ3n) is 5.12. The van der Waals surface area contributed by atoms with Gasteiger partial charge in [-0.25, -0.2) is 9.97 Å². The minimum Gasteiger partial charge on any atom is -0.497 e. The second-order valence-corrected chi connectivity index (χ2v) is 9.94. The highest BCUT2D eigenvalue weighted by molar-refractivity contribution is 7.21. The van der Waals surface area contributed by atoms with Gasteiger partial charge in [0.25, 0.3) is 5.91 Å². The number of carbonyl (C=O) groups excluding carboxylic acids is 1. The number of hydrogen-bond donors (Lipinski definition) is 2. The second-order valence-electron chi connectivity index (χ2n) is 7.24. The van der Waals surface area contributed by atoms with Crippen molar-refractivity contribution < 1.29 is 9.53 Å². The molecule has 170 valence electrons. The molecule has 1 amide bonds. The molecule has 0 aliphatic carbocycles. The summed E-state index contributed by atoms with van der Waals surface area (Å²) < 4.78 is 5.21. The van der Waals surface area contributed by atoms with Gasteiger partial charge in [0.05, 0.1) is 29.2 Å². The fourth-order valence-electron chi connectivity index (χ4n) is 3.39. The first-order chi connectivity index (χ1) is 16.4. The first kappa shape index (κ1) is 22.6. The summed E-state index contributed by atoms with van der Waals surface area (Å²) in [6.07, 6.45) is 0. The Balaban J connectivity index is 1.40. The number of nitrogen functional groups attached to an aromatic ring is 1. The Hall–Kier alpha value is -3.17. The number of rotatable bonds is 5. The normalized spacial score (nSPS) is 11.0. The lowest BCUT2D eigenvalue weighted by Gasteiger charge is -2.03. The third kappa shape index (κ3) is 4.33. The first-order valence-corrected chi connectivity index (χ1v) is 12.4. The van der Waals surface area contributed by atoms with Crippen molar-refractivity contribution in [2.24, 2.45) is 0 Å². The number of thiazole rings is 1. The van der Waals surface area contributed by atoms with Crippen molar-refractivity contribution in [3.05, 3.63) is 74.9 Å². The van der Waals surface area contributed by atoms with Crippen LogP contribution in [-0.4, -0.2) is 23.0 Å². The molecular formula is C24H16Cl2N4O2S2. The molecule has 10 heteroatoms. The Morgan fingerprint density at radius 2 is 1.82 bits per heavy atom. The van der Waals surface area contributed by atoms with E-state index in [-0.39, 0.29) is 5.91 Å². The number of amides is 1. The number of thiophene rings is 1. The van der Waals surface area contributed by atoms with Crippen molar-refractivity contribution in [2.75, 3.05) is 18.2 Å². The number of methoxy groups -OCH3 is 1. The van der Waals surface area contributed by atoms with E-state index < -0.39 is 0 Å². The lowest BCUT2D eigenvalue weighted by atomic mass is 10.1. The number of hydrogen-bond acceptors (Lipinski definition) is 7. The Labute approximate surface area is 213 Å². The molecule has 0 saturated carbocycles. The Kier molecular flexibility index (Phi) is 6.14. The quantitative estimate of drug-likeness (QED) is 0.252. The second kappa shape index (κ2) is 9.23. The lowest BCUT2D eigenvalue weighted by molar-refractivity contribution is 0.103. The monoisotopic (exact) mass is 526 g/mol. The molecule has 3 aromatic heterocycles. The molecule has 0 unspecified atom stereocenters. The summed E-state index contributed by atoms with van der Waals surface area (Å²) in [5, 5.41) is 6.86. The number of ether oxygens (including phenoxy) is 1. The molecule has 0 aliphatic heterocycles. The maximum absolute atomic E-state index is 13.0. The van der Waals surface area contributed by atoms with Gasteiger partial charge in [-0.05, 0) is 54.6 Å². The smallest absolute Gasteiger partial charge is 0.269 e. The van der Waals surface area contributed by atoms with Crippen molar-refractivity contribution in [1.29, 1.82) is 0 Å². The summed E-state index contributed by atoms with van der Waals surface area (Å²) in [6, 6.07) is 16.6. The molecule has 0 spiro atoms. The van der Waals surface area contributed by atoms with Gasteiger partial charge in [-0.3, -0.25) is 10.1 Å². The summed E-state index contributed by atoms with van der Waals surface area (Å²) in [4.78, 5) is 23.3. The summed E-state index contributed by atoms with van der Waals surface area (Å²) in [5.41, 5.74) is 9.80. The van der Waals surface area contributed by atoms with E-state index in [1.165, 1.54) is 22.7 Å². The number of aromatic nitrogens is 2. The SMILES string of the molecule is COc1ccc(-c2ccc3c(N)c(C(=O)Nc4nc(-c5ccc(Cl)cc5Cl)cs4)sc3n2)cc1. The van der Waals surface area contributed by atoms with E-state index in [1.807, 2.05) is 41.8 Å². The van der Waals surface area contributed by atoms with Crippen molar-refractivity contribution >= 4 is 72.8 Å². The van der Waals surface area contributed by atoms with Crippen LogP contribution in [0, 0.1) is 0 Å². The number of benzene rings is 2. The van der Waals surface area contributed by atoms with Crippen molar-refractivity contribution in [2.45, 2.75) is 0 Å². The molecule has 34 heavy (non-hydrogen) atoms. The third-order valence-corrected chi connectivity index (χ3v) is 7.54. The van der Waals surface area contributed by atoms with E-state index >= 15 is 0 Å². The fraction of sp³-hybridized carbons (Fsp3) is 0.0417. The van der Waals surface area contributed by atoms with Crippen LogP contribution >= 0.6 is 45.9 Å². The molecule has 0 atom stereocenters. The van der Waals surface area contributed by atoms with Crippen molar-refractivity contribution in [1.82, 2.24) is 9.97 Å². The van der Waals surface area contributed by atoms with E-state index in [0.717, 1.165) is 28.0 Å². The average molecular weight is 527 g/mol. The van der Waals surface area contributed by atoms with Crippen LogP contribution in [0.3, 0.4) is 0 Å². The number of fused-ring (bicyclic) bond motifs is 1. The van der Waals surface area contributed by atoms with Crippen molar-refractivity contribution in [3.63, 3.8) is 0 Å². The highest BCUT2D eigenvalue weighted by Gasteiger charge is 2.19. The highest BCUT2D eigenvalue weighted by atomic mass is 35.5. The van der Waals surface area contributed by atoms with E-state index in [2.05, 4.69) is 10.3 Å². The van der Waals surface area contributed by atoms with Gasteiger partial charge < -0.3 is 10.5 Å². The molecular weight excluding hydrogens is 511 g/mol. The fourth-order valence-corrected chi connectivity index (χ4v) is 5.59. The Morgan fingerprint density at radius 3 is 2.56 bits per heavy atom. The largest absolute Gasteiger partial charge is 0.497 e. The van der Waals surface area contributed by atoms with Crippen LogP contribution < -0.4 is 15.8 Å². The van der Waals surface area contributed by atoms with E-state index in [9.17, 15) is 4.79 Å². The number of nitrogens with one attached hydrogen (secondary N) is 1. The van der Waals surface area contributed by atoms with E-state index in [0.29, 0.717) is 36.3 Å². The average Bonchev–Trinajstić information content (AvgIpc) is 3.43. The molecule has 5 rings (SSSR count). The summed E-state index contributed by atoms with van der Waals surface area (Å²) >= 11 is 14.8. The Morgan fingerprint density at radius 1 is 1.03 bits per heavy atom. The van der Waals surface area contributed by atoms with Gasteiger partial charge in [0.1, 0.15) is 15.5 Å². The van der Waals surface area contributed by atoms with Crippen LogP contribution in [0.2, 0.25) is 10.0 Å². The number of nitrogens with two attached hydrogens (primary N) is 1. The van der Waals surface area contributed by atoms with Crippen LogP contribution in [0.1, 0.15) is 9.67 Å². The molecule has 0 saturated heterocycles. The van der Waals surface area contributed by atoms with E-state index in [1.54, 1.807) is 25.3 Å². The highest BCUT2D eigenvalue weighted by Crippen LogP contribution is 2.36. The molecule has 2 aromatic carbocycles. The van der Waals surface area contributed by atoms with Gasteiger partial charge in [0.15, 0.2) is 5.13 Å². The molecule has 0 aliphatic rings.